The Labute approximate surface area is 122 Å². The third-order valence-electron chi connectivity index (χ3n) is 4.26. The van der Waals surface area contributed by atoms with Gasteiger partial charge in [0.25, 0.3) is 0 Å². The van der Waals surface area contributed by atoms with Crippen LogP contribution in [-0.4, -0.2) is 6.61 Å². The Morgan fingerprint density at radius 3 is 2.63 bits per heavy atom. The van der Waals surface area contributed by atoms with Crippen molar-refractivity contribution in [1.82, 2.24) is 0 Å². The zero-order valence-corrected chi connectivity index (χ0v) is 12.3. The van der Waals surface area contributed by atoms with Crippen LogP contribution in [0.25, 0.3) is 0 Å². The Hall–Kier alpha value is -1.12. The summed E-state index contributed by atoms with van der Waals surface area (Å²) in [5, 5.41) is 11.3. The van der Waals surface area contributed by atoms with Gasteiger partial charge in [-0.3, -0.25) is 0 Å². The molecular weight excluding hydrogens is 300 g/mol. The second-order valence-corrected chi connectivity index (χ2v) is 6.12. The normalized spacial score (nSPS) is 21.4. The van der Waals surface area contributed by atoms with Gasteiger partial charge in [0.2, 0.25) is 0 Å². The molecule has 0 saturated heterocycles. The largest absolute Gasteiger partial charge is 0.237 e. The van der Waals surface area contributed by atoms with Gasteiger partial charge in [-0.25, -0.2) is 5.11 Å². The fourth-order valence-electron chi connectivity index (χ4n) is 3.33. The smallest absolute Gasteiger partial charge is 0.0834 e. The molecule has 1 aliphatic carbocycles. The minimum absolute atomic E-state index is 0.0269. The highest BCUT2D eigenvalue weighted by molar-refractivity contribution is 9.10. The number of hydrogen-bond donors (Lipinski definition) is 0. The predicted octanol–water partition coefficient (Wildman–Crippen LogP) is 4.50. The van der Waals surface area contributed by atoms with Crippen molar-refractivity contribution in [2.45, 2.75) is 24.7 Å². The Balaban J connectivity index is 2.17. The maximum Gasteiger partial charge on any atom is 0.0834 e. The Morgan fingerprint density at radius 1 is 1.11 bits per heavy atom. The maximum absolute atomic E-state index is 11.3. The van der Waals surface area contributed by atoms with Crippen molar-refractivity contribution < 1.29 is 5.11 Å². The van der Waals surface area contributed by atoms with E-state index in [1.165, 1.54) is 16.7 Å². The molecule has 2 heteroatoms. The van der Waals surface area contributed by atoms with Gasteiger partial charge in [0.05, 0.1) is 6.61 Å². The molecule has 0 heterocycles. The highest BCUT2D eigenvalue weighted by atomic mass is 79.9. The molecule has 1 unspecified atom stereocenters. The molecule has 1 atom stereocenters. The van der Waals surface area contributed by atoms with Gasteiger partial charge in [0.15, 0.2) is 0 Å². The van der Waals surface area contributed by atoms with E-state index < -0.39 is 0 Å². The number of hydrogen-bond acceptors (Lipinski definition) is 0. The molecule has 0 amide bonds. The first-order chi connectivity index (χ1) is 9.26. The van der Waals surface area contributed by atoms with Crippen molar-refractivity contribution in [3.05, 3.63) is 69.7 Å². The first kappa shape index (κ1) is 12.9. The quantitative estimate of drug-likeness (QED) is 0.794. The van der Waals surface area contributed by atoms with Crippen molar-refractivity contribution in [1.29, 1.82) is 0 Å². The van der Waals surface area contributed by atoms with E-state index in [1.807, 2.05) is 6.07 Å². The van der Waals surface area contributed by atoms with Crippen molar-refractivity contribution in [3.63, 3.8) is 0 Å². The number of fused-ring (bicyclic) bond motifs is 1. The van der Waals surface area contributed by atoms with E-state index in [-0.39, 0.29) is 12.0 Å². The highest BCUT2D eigenvalue weighted by Gasteiger charge is 2.39. The Kier molecular flexibility index (Phi) is 3.46. The van der Waals surface area contributed by atoms with Crippen LogP contribution in [0.15, 0.2) is 53.0 Å². The van der Waals surface area contributed by atoms with Gasteiger partial charge in [0.1, 0.15) is 0 Å². The average molecular weight is 316 g/mol. The lowest BCUT2D eigenvalue weighted by Crippen LogP contribution is -2.26. The van der Waals surface area contributed by atoms with Gasteiger partial charge in [0, 0.05) is 9.89 Å². The molecule has 1 radical (unpaired) electrons. The lowest BCUT2D eigenvalue weighted by atomic mass is 9.73. The standard InChI is InChI=1S/C17H16BrO/c18-15-7-6-13-8-9-17(10-11-19,16(13)12-15)14-4-2-1-3-5-14/h1-7,12H,8-11H2. The third kappa shape index (κ3) is 2.13. The highest BCUT2D eigenvalue weighted by Crippen LogP contribution is 2.47. The molecule has 1 aliphatic rings. The summed E-state index contributed by atoms with van der Waals surface area (Å²) >= 11 is 3.56. The second kappa shape index (κ2) is 5.10. The SMILES string of the molecule is [O]CCC1(c2ccccc2)CCc2ccc(Br)cc21. The fraction of sp³-hybridized carbons (Fsp3) is 0.294. The van der Waals surface area contributed by atoms with Crippen LogP contribution in [0.4, 0.5) is 0 Å². The summed E-state index contributed by atoms with van der Waals surface area (Å²) < 4.78 is 1.10. The summed E-state index contributed by atoms with van der Waals surface area (Å²) in [6.07, 6.45) is 2.79. The number of benzene rings is 2. The molecule has 2 aromatic carbocycles. The summed E-state index contributed by atoms with van der Waals surface area (Å²) in [7, 11) is 0. The van der Waals surface area contributed by atoms with Crippen molar-refractivity contribution in [3.8, 4) is 0 Å². The van der Waals surface area contributed by atoms with E-state index in [0.29, 0.717) is 6.42 Å². The lowest BCUT2D eigenvalue weighted by Gasteiger charge is -2.30. The van der Waals surface area contributed by atoms with Crippen LogP contribution in [0.1, 0.15) is 29.5 Å². The molecule has 3 rings (SSSR count). The molecule has 0 aromatic heterocycles. The predicted molar refractivity (Wildman–Crippen MR) is 79.9 cm³/mol. The first-order valence-electron chi connectivity index (χ1n) is 6.69. The summed E-state index contributed by atoms with van der Waals surface area (Å²) in [4.78, 5) is 0. The van der Waals surface area contributed by atoms with Crippen molar-refractivity contribution >= 4 is 15.9 Å². The number of halogens is 1. The molecule has 0 spiro atoms. The van der Waals surface area contributed by atoms with E-state index >= 15 is 0 Å². The van der Waals surface area contributed by atoms with Crippen LogP contribution in [-0.2, 0) is 16.9 Å². The van der Waals surface area contributed by atoms with Crippen molar-refractivity contribution in [2.24, 2.45) is 0 Å². The molecule has 2 aromatic rings. The molecule has 0 bridgehead atoms. The molecule has 97 valence electrons. The van der Waals surface area contributed by atoms with Crippen LogP contribution in [0.3, 0.4) is 0 Å². The number of aryl methyl sites for hydroxylation is 1. The molecule has 19 heavy (non-hydrogen) atoms. The first-order valence-corrected chi connectivity index (χ1v) is 7.48. The minimum atomic E-state index is -0.0812. The molecule has 0 N–H and O–H groups in total. The maximum atomic E-state index is 11.3. The van der Waals surface area contributed by atoms with Crippen LogP contribution in [0.2, 0.25) is 0 Å². The van der Waals surface area contributed by atoms with Crippen LogP contribution < -0.4 is 0 Å². The zero-order chi connectivity index (χ0) is 13.3. The van der Waals surface area contributed by atoms with Gasteiger partial charge in [-0.1, -0.05) is 52.3 Å². The third-order valence-corrected chi connectivity index (χ3v) is 4.76. The Bertz CT molecular complexity index is 575. The van der Waals surface area contributed by atoms with Crippen LogP contribution in [0.5, 0.6) is 0 Å². The summed E-state index contributed by atoms with van der Waals surface area (Å²) in [6.45, 7) is -0.0269. The molecule has 0 saturated carbocycles. The molecule has 1 nitrogen and oxygen atoms in total. The van der Waals surface area contributed by atoms with Gasteiger partial charge in [-0.15, -0.1) is 0 Å². The number of rotatable bonds is 3. The second-order valence-electron chi connectivity index (χ2n) is 5.20. The van der Waals surface area contributed by atoms with Crippen LogP contribution >= 0.6 is 15.9 Å². The Morgan fingerprint density at radius 2 is 1.89 bits per heavy atom. The molecule has 0 fully saturated rings. The van der Waals surface area contributed by atoms with Gasteiger partial charge >= 0.3 is 0 Å². The van der Waals surface area contributed by atoms with Gasteiger partial charge < -0.3 is 0 Å². The average Bonchev–Trinajstić information content (AvgIpc) is 2.80. The van der Waals surface area contributed by atoms with Crippen LogP contribution in [0, 0.1) is 0 Å². The molecule has 0 aliphatic heterocycles. The fourth-order valence-corrected chi connectivity index (χ4v) is 3.69. The summed E-state index contributed by atoms with van der Waals surface area (Å²) in [5.41, 5.74) is 3.93. The van der Waals surface area contributed by atoms with E-state index in [9.17, 15) is 5.11 Å². The van der Waals surface area contributed by atoms with Gasteiger partial charge in [-0.05, 0) is 48.1 Å². The minimum Gasteiger partial charge on any atom is -0.237 e. The molecular formula is C17H16BrO. The van der Waals surface area contributed by atoms with E-state index in [0.717, 1.165) is 17.3 Å². The monoisotopic (exact) mass is 315 g/mol. The zero-order valence-electron chi connectivity index (χ0n) is 10.7. The van der Waals surface area contributed by atoms with E-state index in [2.05, 4.69) is 58.4 Å². The van der Waals surface area contributed by atoms with E-state index in [4.69, 9.17) is 0 Å². The van der Waals surface area contributed by atoms with Crippen molar-refractivity contribution in [2.75, 3.05) is 6.61 Å². The summed E-state index contributed by atoms with van der Waals surface area (Å²) in [6, 6.07) is 17.0. The van der Waals surface area contributed by atoms with E-state index in [1.54, 1.807) is 0 Å². The summed E-state index contributed by atoms with van der Waals surface area (Å²) in [5.74, 6) is 0. The van der Waals surface area contributed by atoms with Gasteiger partial charge in [-0.2, -0.15) is 0 Å². The lowest BCUT2D eigenvalue weighted by molar-refractivity contribution is 0.168. The topological polar surface area (TPSA) is 19.9 Å².